The minimum absolute atomic E-state index is 0. The molecule has 1 fully saturated rings. The summed E-state index contributed by atoms with van der Waals surface area (Å²) in [6.45, 7) is -0.298. The summed E-state index contributed by atoms with van der Waals surface area (Å²) in [5.41, 5.74) is 0.849. The predicted molar refractivity (Wildman–Crippen MR) is 114 cm³/mol. The maximum absolute atomic E-state index is 12.8. The second-order valence-electron chi connectivity index (χ2n) is 6.61. The van der Waals surface area contributed by atoms with Gasteiger partial charge in [-0.25, -0.2) is 4.98 Å². The smallest absolute Gasteiger partial charge is 0.264 e. The van der Waals surface area contributed by atoms with Crippen LogP contribution in [0.25, 0.3) is 20.8 Å². The van der Waals surface area contributed by atoms with Crippen LogP contribution in [0.15, 0.2) is 29.1 Å². The van der Waals surface area contributed by atoms with Crippen molar-refractivity contribution in [1.82, 2.24) is 15.0 Å². The molecule has 3 aromatic rings. The second kappa shape index (κ2) is 8.87. The van der Waals surface area contributed by atoms with Crippen LogP contribution in [0.2, 0.25) is 0 Å². The lowest BCUT2D eigenvalue weighted by atomic mass is 9.93. The van der Waals surface area contributed by atoms with Crippen molar-refractivity contribution in [3.8, 4) is 10.6 Å². The molecule has 1 aliphatic rings. The summed E-state index contributed by atoms with van der Waals surface area (Å²) in [4.78, 5) is 24.7. The molecule has 2 aromatic heterocycles. The number of nitrogens with zero attached hydrogens (tertiary/aromatic N) is 2. The van der Waals surface area contributed by atoms with Crippen molar-refractivity contribution in [2.45, 2.75) is 31.4 Å². The largest absolute Gasteiger partial charge is 0.394 e. The van der Waals surface area contributed by atoms with E-state index in [2.05, 4.69) is 25.6 Å². The van der Waals surface area contributed by atoms with Crippen LogP contribution in [0.5, 0.6) is 0 Å². The highest BCUT2D eigenvalue weighted by molar-refractivity contribution is 7.21. The van der Waals surface area contributed by atoms with Crippen LogP contribution in [0.3, 0.4) is 0 Å². The molecule has 0 radical (unpaired) electrons. The molecule has 28 heavy (non-hydrogen) atoms. The monoisotopic (exact) mass is 423 g/mol. The highest BCUT2D eigenvalue weighted by Gasteiger charge is 2.21. The first-order valence-corrected chi connectivity index (χ1v) is 9.75. The van der Waals surface area contributed by atoms with Gasteiger partial charge >= 0.3 is 0 Å². The minimum Gasteiger partial charge on any atom is -0.394 e. The van der Waals surface area contributed by atoms with Crippen molar-refractivity contribution in [2.75, 3.05) is 23.8 Å². The van der Waals surface area contributed by atoms with Crippen molar-refractivity contribution in [2.24, 2.45) is 0 Å². The molecule has 5 N–H and O–H groups in total. The van der Waals surface area contributed by atoms with Crippen LogP contribution in [-0.4, -0.2) is 50.5 Å². The van der Waals surface area contributed by atoms with E-state index in [1.54, 1.807) is 0 Å². The van der Waals surface area contributed by atoms with Crippen LogP contribution in [0.4, 0.5) is 11.8 Å². The van der Waals surface area contributed by atoms with E-state index < -0.39 is 6.10 Å². The Bertz CT molecular complexity index is 971. The van der Waals surface area contributed by atoms with Gasteiger partial charge in [-0.1, -0.05) is 12.1 Å². The highest BCUT2D eigenvalue weighted by atomic mass is 35.5. The van der Waals surface area contributed by atoms with Gasteiger partial charge in [-0.2, -0.15) is 4.98 Å². The first-order chi connectivity index (χ1) is 13.1. The van der Waals surface area contributed by atoms with Gasteiger partial charge in [0, 0.05) is 12.6 Å². The van der Waals surface area contributed by atoms with Crippen molar-refractivity contribution in [3.63, 3.8) is 0 Å². The van der Waals surface area contributed by atoms with Crippen LogP contribution in [-0.2, 0) is 0 Å². The molecular formula is C18H22ClN5O3S. The summed E-state index contributed by atoms with van der Waals surface area (Å²) in [5.74, 6) is 0.739. The maximum Gasteiger partial charge on any atom is 0.264 e. The number of anilines is 2. The minimum atomic E-state index is -0.947. The van der Waals surface area contributed by atoms with E-state index in [0.29, 0.717) is 28.4 Å². The number of rotatable bonds is 7. The predicted octanol–water partition coefficient (Wildman–Crippen LogP) is 2.20. The van der Waals surface area contributed by atoms with Gasteiger partial charge in [0.15, 0.2) is 0 Å². The average molecular weight is 424 g/mol. The van der Waals surface area contributed by atoms with E-state index in [0.717, 1.165) is 23.1 Å². The van der Waals surface area contributed by atoms with E-state index in [1.165, 1.54) is 17.8 Å². The third kappa shape index (κ3) is 4.27. The Hall–Kier alpha value is -2.20. The fourth-order valence-corrected chi connectivity index (χ4v) is 3.88. The first kappa shape index (κ1) is 20.5. The van der Waals surface area contributed by atoms with Crippen LogP contribution in [0, 0.1) is 0 Å². The molecular weight excluding hydrogens is 402 g/mol. The first-order valence-electron chi connectivity index (χ1n) is 8.93. The third-order valence-electron chi connectivity index (χ3n) is 4.59. The molecule has 0 amide bonds. The van der Waals surface area contributed by atoms with E-state index in [9.17, 15) is 9.90 Å². The van der Waals surface area contributed by atoms with Gasteiger partial charge in [0.25, 0.3) is 5.56 Å². The number of nitrogens with one attached hydrogen (secondary N) is 3. The number of para-hydroxylation sites is 1. The Balaban J connectivity index is 0.00000225. The lowest BCUT2D eigenvalue weighted by molar-refractivity contribution is 0.105. The lowest BCUT2D eigenvalue weighted by Crippen LogP contribution is -2.30. The molecule has 10 heteroatoms. The number of H-pyrrole nitrogens is 1. The molecule has 0 unspecified atom stereocenters. The normalized spacial score (nSPS) is 14.9. The molecule has 2 heterocycles. The number of fused-ring (bicyclic) bond motifs is 1. The molecule has 1 saturated carbocycles. The van der Waals surface area contributed by atoms with Gasteiger partial charge in [0.05, 0.1) is 22.9 Å². The van der Waals surface area contributed by atoms with Gasteiger partial charge in [0.1, 0.15) is 16.4 Å². The molecule has 8 nitrogen and oxygen atoms in total. The van der Waals surface area contributed by atoms with Gasteiger partial charge in [0.2, 0.25) is 5.95 Å². The van der Waals surface area contributed by atoms with E-state index >= 15 is 0 Å². The zero-order valence-corrected chi connectivity index (χ0v) is 16.6. The third-order valence-corrected chi connectivity index (χ3v) is 5.64. The summed E-state index contributed by atoms with van der Waals surface area (Å²) >= 11 is 1.41. The Morgan fingerprint density at radius 2 is 2.07 bits per heavy atom. The summed E-state index contributed by atoms with van der Waals surface area (Å²) < 4.78 is 0.977. The number of aliphatic hydroxyl groups is 2. The Kier molecular flexibility index (Phi) is 6.50. The zero-order valence-electron chi connectivity index (χ0n) is 15.0. The molecule has 4 rings (SSSR count). The molecule has 0 aliphatic heterocycles. The quantitative estimate of drug-likeness (QED) is 0.394. The molecule has 1 aliphatic carbocycles. The molecule has 0 spiro atoms. The molecule has 150 valence electrons. The number of hydrogen-bond donors (Lipinski definition) is 5. The number of hydrogen-bond acceptors (Lipinski definition) is 8. The maximum atomic E-state index is 12.8. The molecule has 1 aromatic carbocycles. The number of aromatic amines is 1. The van der Waals surface area contributed by atoms with Gasteiger partial charge in [-0.15, -0.1) is 23.7 Å². The van der Waals surface area contributed by atoms with Crippen molar-refractivity contribution < 1.29 is 10.2 Å². The van der Waals surface area contributed by atoms with E-state index in [-0.39, 0.29) is 31.1 Å². The second-order valence-corrected chi connectivity index (χ2v) is 7.64. The van der Waals surface area contributed by atoms with Crippen LogP contribution < -0.4 is 16.2 Å². The van der Waals surface area contributed by atoms with Gasteiger partial charge in [-0.05, 0) is 31.4 Å². The number of aromatic nitrogens is 3. The van der Waals surface area contributed by atoms with Crippen molar-refractivity contribution in [1.29, 1.82) is 0 Å². The number of aliphatic hydroxyl groups excluding tert-OH is 2. The fourth-order valence-electron chi connectivity index (χ4n) is 2.87. The number of halogens is 1. The number of thiazole rings is 1. The van der Waals surface area contributed by atoms with Crippen molar-refractivity contribution >= 4 is 45.7 Å². The SMILES string of the molecule is Cl.O=c1[nH]c(NC2CCC2)nc(NC[C@H](O)CO)c1-c1nc2ccccc2s1. The summed E-state index contributed by atoms with van der Waals surface area (Å²) in [6.07, 6.45) is 2.32. The summed E-state index contributed by atoms with van der Waals surface area (Å²) in [7, 11) is 0. The summed E-state index contributed by atoms with van der Waals surface area (Å²) in [6, 6.07) is 7.99. The molecule has 1 atom stereocenters. The van der Waals surface area contributed by atoms with Gasteiger partial charge < -0.3 is 20.8 Å². The topological polar surface area (TPSA) is 123 Å². The van der Waals surface area contributed by atoms with Crippen LogP contribution >= 0.6 is 23.7 Å². The van der Waals surface area contributed by atoms with E-state index in [4.69, 9.17) is 5.11 Å². The van der Waals surface area contributed by atoms with E-state index in [1.807, 2.05) is 24.3 Å². The Morgan fingerprint density at radius 1 is 1.29 bits per heavy atom. The fraction of sp³-hybridized carbons (Fsp3) is 0.389. The summed E-state index contributed by atoms with van der Waals surface area (Å²) in [5, 5.41) is 25.5. The highest BCUT2D eigenvalue weighted by Crippen LogP contribution is 2.32. The number of benzene rings is 1. The zero-order chi connectivity index (χ0) is 18.8. The molecule has 0 bridgehead atoms. The lowest BCUT2D eigenvalue weighted by Gasteiger charge is -2.26. The van der Waals surface area contributed by atoms with Crippen molar-refractivity contribution in [3.05, 3.63) is 34.6 Å². The van der Waals surface area contributed by atoms with Gasteiger partial charge in [-0.3, -0.25) is 9.78 Å². The standard InChI is InChI=1S/C18H21N5O3S.ClH/c24-9-11(25)8-19-15-14(17-21-12-6-1-2-7-13(12)27-17)16(26)23-18(22-15)20-10-4-3-5-10;/h1-2,6-7,10-11,24-25H,3-5,8-9H2,(H3,19,20,22,23,26);1H/t11-;/m0./s1. The average Bonchev–Trinajstić information content (AvgIpc) is 3.05. The van der Waals surface area contributed by atoms with Crippen LogP contribution in [0.1, 0.15) is 19.3 Å². The Morgan fingerprint density at radius 3 is 2.75 bits per heavy atom. The Labute approximate surface area is 171 Å². The molecule has 0 saturated heterocycles.